The highest BCUT2D eigenvalue weighted by Gasteiger charge is 2.16. The summed E-state index contributed by atoms with van der Waals surface area (Å²) in [4.78, 5) is 24.1. The standard InChI is InChI=1S/C13H15N3O2S/c1-9(12(14)17)15-13(18)11-5-2-6-16(11)8-10-4-3-7-19-10/h2-7,9H,8H2,1H3,(H2,14,17)(H,15,18)/t9-/m0/s1. The van der Waals surface area contributed by atoms with Crippen molar-refractivity contribution in [2.75, 3.05) is 0 Å². The normalized spacial score (nSPS) is 12.1. The van der Waals surface area contributed by atoms with E-state index >= 15 is 0 Å². The minimum Gasteiger partial charge on any atom is -0.368 e. The van der Waals surface area contributed by atoms with E-state index in [4.69, 9.17) is 5.73 Å². The molecule has 2 heterocycles. The van der Waals surface area contributed by atoms with Gasteiger partial charge in [-0.25, -0.2) is 0 Å². The first-order chi connectivity index (χ1) is 9.08. The summed E-state index contributed by atoms with van der Waals surface area (Å²) < 4.78 is 1.84. The van der Waals surface area contributed by atoms with Gasteiger partial charge < -0.3 is 15.6 Å². The Kier molecular flexibility index (Phi) is 4.01. The Morgan fingerprint density at radius 1 is 1.42 bits per heavy atom. The lowest BCUT2D eigenvalue weighted by Crippen LogP contribution is -2.42. The first-order valence-corrected chi connectivity index (χ1v) is 6.73. The molecule has 0 aliphatic carbocycles. The Bertz CT molecular complexity index is 574. The van der Waals surface area contributed by atoms with Gasteiger partial charge in [-0.3, -0.25) is 9.59 Å². The van der Waals surface area contributed by atoms with E-state index in [9.17, 15) is 9.59 Å². The second kappa shape index (κ2) is 5.71. The molecule has 0 aliphatic rings. The Morgan fingerprint density at radius 3 is 2.84 bits per heavy atom. The van der Waals surface area contributed by atoms with Crippen molar-refractivity contribution in [2.45, 2.75) is 19.5 Å². The molecule has 100 valence electrons. The number of aromatic nitrogens is 1. The summed E-state index contributed by atoms with van der Waals surface area (Å²) in [5.74, 6) is -0.849. The Labute approximate surface area is 115 Å². The first-order valence-electron chi connectivity index (χ1n) is 5.85. The van der Waals surface area contributed by atoms with Crippen molar-refractivity contribution in [3.05, 3.63) is 46.4 Å². The molecule has 0 saturated carbocycles. The maximum atomic E-state index is 12.0. The molecule has 2 aromatic rings. The third-order valence-corrected chi connectivity index (χ3v) is 3.60. The highest BCUT2D eigenvalue weighted by Crippen LogP contribution is 2.13. The molecule has 0 saturated heterocycles. The number of nitrogens with two attached hydrogens (primary N) is 1. The van der Waals surface area contributed by atoms with Crippen LogP contribution in [0.5, 0.6) is 0 Å². The maximum Gasteiger partial charge on any atom is 0.268 e. The number of carbonyl (C=O) groups is 2. The summed E-state index contributed by atoms with van der Waals surface area (Å²) in [6, 6.07) is 6.82. The van der Waals surface area contributed by atoms with Crippen molar-refractivity contribution in [2.24, 2.45) is 5.73 Å². The van der Waals surface area contributed by atoms with Crippen LogP contribution in [0.15, 0.2) is 35.8 Å². The molecule has 19 heavy (non-hydrogen) atoms. The number of nitrogens with zero attached hydrogens (tertiary/aromatic N) is 1. The van der Waals surface area contributed by atoms with E-state index in [-0.39, 0.29) is 5.91 Å². The smallest absolute Gasteiger partial charge is 0.268 e. The summed E-state index contributed by atoms with van der Waals surface area (Å²) in [7, 11) is 0. The van der Waals surface area contributed by atoms with Gasteiger partial charge in [0.2, 0.25) is 5.91 Å². The summed E-state index contributed by atoms with van der Waals surface area (Å²) in [5, 5.41) is 4.56. The molecule has 5 nitrogen and oxygen atoms in total. The van der Waals surface area contributed by atoms with Crippen molar-refractivity contribution >= 4 is 23.2 Å². The van der Waals surface area contributed by atoms with Crippen LogP contribution in [-0.2, 0) is 11.3 Å². The molecule has 2 rings (SSSR count). The van der Waals surface area contributed by atoms with Gasteiger partial charge in [-0.2, -0.15) is 0 Å². The van der Waals surface area contributed by atoms with Crippen LogP contribution in [0.25, 0.3) is 0 Å². The fourth-order valence-electron chi connectivity index (χ4n) is 1.67. The largest absolute Gasteiger partial charge is 0.368 e. The van der Waals surface area contributed by atoms with Crippen molar-refractivity contribution in [3.8, 4) is 0 Å². The molecule has 0 aliphatic heterocycles. The molecule has 2 amide bonds. The van der Waals surface area contributed by atoms with Gasteiger partial charge in [0.05, 0.1) is 6.54 Å². The fourth-order valence-corrected chi connectivity index (χ4v) is 2.37. The zero-order valence-electron chi connectivity index (χ0n) is 10.5. The highest BCUT2D eigenvalue weighted by atomic mass is 32.1. The molecule has 2 aromatic heterocycles. The van der Waals surface area contributed by atoms with Crippen LogP contribution < -0.4 is 11.1 Å². The predicted octanol–water partition coefficient (Wildman–Crippen LogP) is 1.20. The van der Waals surface area contributed by atoms with Crippen LogP contribution in [0.3, 0.4) is 0 Å². The number of rotatable bonds is 5. The third kappa shape index (κ3) is 3.23. The molecular formula is C13H15N3O2S. The fraction of sp³-hybridized carbons (Fsp3) is 0.231. The second-order valence-electron chi connectivity index (χ2n) is 4.20. The number of hydrogen-bond acceptors (Lipinski definition) is 3. The Morgan fingerprint density at radius 2 is 2.21 bits per heavy atom. The quantitative estimate of drug-likeness (QED) is 0.861. The van der Waals surface area contributed by atoms with Crippen molar-refractivity contribution in [3.63, 3.8) is 0 Å². The van der Waals surface area contributed by atoms with E-state index in [1.54, 1.807) is 30.4 Å². The lowest BCUT2D eigenvalue weighted by Gasteiger charge is -2.12. The van der Waals surface area contributed by atoms with Gasteiger partial charge in [-0.05, 0) is 30.5 Å². The molecule has 0 fully saturated rings. The lowest BCUT2D eigenvalue weighted by atomic mass is 10.3. The average Bonchev–Trinajstić information content (AvgIpc) is 3.00. The summed E-state index contributed by atoms with van der Waals surface area (Å²) in [6.45, 7) is 2.20. The van der Waals surface area contributed by atoms with Gasteiger partial charge in [0.1, 0.15) is 11.7 Å². The molecule has 0 unspecified atom stereocenters. The van der Waals surface area contributed by atoms with Crippen molar-refractivity contribution in [1.29, 1.82) is 0 Å². The van der Waals surface area contributed by atoms with Gasteiger partial charge >= 0.3 is 0 Å². The topological polar surface area (TPSA) is 77.1 Å². The van der Waals surface area contributed by atoms with E-state index in [1.807, 2.05) is 28.3 Å². The van der Waals surface area contributed by atoms with E-state index in [0.29, 0.717) is 12.2 Å². The minimum absolute atomic E-state index is 0.298. The van der Waals surface area contributed by atoms with Crippen LogP contribution in [0.4, 0.5) is 0 Å². The highest BCUT2D eigenvalue weighted by molar-refractivity contribution is 7.09. The summed E-state index contributed by atoms with van der Waals surface area (Å²) in [6.07, 6.45) is 1.84. The van der Waals surface area contributed by atoms with Gasteiger partial charge in [0, 0.05) is 11.1 Å². The number of amides is 2. The van der Waals surface area contributed by atoms with Crippen molar-refractivity contribution in [1.82, 2.24) is 9.88 Å². The van der Waals surface area contributed by atoms with Crippen molar-refractivity contribution < 1.29 is 9.59 Å². The molecule has 0 aromatic carbocycles. The van der Waals surface area contributed by atoms with E-state index in [0.717, 1.165) is 4.88 Å². The number of carbonyl (C=O) groups excluding carboxylic acids is 2. The zero-order valence-corrected chi connectivity index (χ0v) is 11.3. The Hall–Kier alpha value is -2.08. The number of thiophene rings is 1. The van der Waals surface area contributed by atoms with Crippen LogP contribution in [0.2, 0.25) is 0 Å². The first kappa shape index (κ1) is 13.4. The monoisotopic (exact) mass is 277 g/mol. The molecule has 3 N–H and O–H groups in total. The van der Waals surface area contributed by atoms with Gasteiger partial charge in [0.25, 0.3) is 5.91 Å². The molecule has 1 atom stereocenters. The molecule has 0 radical (unpaired) electrons. The number of primary amides is 1. The average molecular weight is 277 g/mol. The van der Waals surface area contributed by atoms with Crippen LogP contribution in [0.1, 0.15) is 22.3 Å². The maximum absolute atomic E-state index is 12.0. The Balaban J connectivity index is 2.10. The molecule has 6 heteroatoms. The summed E-state index contributed by atoms with van der Waals surface area (Å²) >= 11 is 1.63. The minimum atomic E-state index is -0.683. The predicted molar refractivity (Wildman–Crippen MR) is 74.0 cm³/mol. The number of hydrogen-bond donors (Lipinski definition) is 2. The lowest BCUT2D eigenvalue weighted by molar-refractivity contribution is -0.119. The van der Waals surface area contributed by atoms with Gasteiger partial charge in [-0.1, -0.05) is 6.07 Å². The third-order valence-electron chi connectivity index (χ3n) is 2.74. The van der Waals surface area contributed by atoms with E-state index < -0.39 is 11.9 Å². The number of nitrogens with one attached hydrogen (secondary N) is 1. The SMILES string of the molecule is C[C@H](NC(=O)c1cccn1Cc1cccs1)C(N)=O. The zero-order chi connectivity index (χ0) is 13.8. The van der Waals surface area contributed by atoms with Gasteiger partial charge in [0.15, 0.2) is 0 Å². The van der Waals surface area contributed by atoms with Crippen LogP contribution >= 0.6 is 11.3 Å². The molecule has 0 spiro atoms. The van der Waals surface area contributed by atoms with Gasteiger partial charge in [-0.15, -0.1) is 11.3 Å². The molecular weight excluding hydrogens is 262 g/mol. The summed E-state index contributed by atoms with van der Waals surface area (Å²) in [5.41, 5.74) is 5.64. The second-order valence-corrected chi connectivity index (χ2v) is 5.23. The van der Waals surface area contributed by atoms with Crippen LogP contribution in [0, 0.1) is 0 Å². The van der Waals surface area contributed by atoms with E-state index in [1.165, 1.54) is 0 Å². The van der Waals surface area contributed by atoms with Crippen LogP contribution in [-0.4, -0.2) is 22.4 Å². The van der Waals surface area contributed by atoms with E-state index in [2.05, 4.69) is 5.32 Å². The molecule has 0 bridgehead atoms.